The number of nitrogens with zero attached hydrogens (tertiary/aromatic N) is 2. The van der Waals surface area contributed by atoms with Crippen molar-refractivity contribution in [3.05, 3.63) is 23.3 Å². The van der Waals surface area contributed by atoms with E-state index in [0.717, 1.165) is 45.3 Å². The fraction of sp³-hybridized carbons (Fsp3) is 0.786. The fourth-order valence-electron chi connectivity index (χ4n) is 3.69. The number of hydrogen-bond donors (Lipinski definition) is 0. The first-order valence-corrected chi connectivity index (χ1v) is 13.2. The van der Waals surface area contributed by atoms with Gasteiger partial charge in [0, 0.05) is 26.2 Å². The van der Waals surface area contributed by atoms with Crippen LogP contribution in [0.5, 0.6) is 0 Å². The molecule has 0 aliphatic carbocycles. The average molecular weight is 479 g/mol. The van der Waals surface area contributed by atoms with Crippen LogP contribution in [0.2, 0.25) is 0 Å². The number of amides is 2. The molecule has 0 unspecified atom stereocenters. The molecule has 0 bridgehead atoms. The molecule has 0 radical (unpaired) electrons. The molecule has 0 N–H and O–H groups in total. The molecular weight excluding hydrogens is 428 g/mol. The second-order valence-corrected chi connectivity index (χ2v) is 11.3. The highest BCUT2D eigenvalue weighted by Crippen LogP contribution is 2.20. The average Bonchev–Trinajstić information content (AvgIpc) is 2.75. The third kappa shape index (κ3) is 13.0. The van der Waals surface area contributed by atoms with Crippen LogP contribution in [0.15, 0.2) is 23.3 Å². The molecule has 6 heteroatoms. The van der Waals surface area contributed by atoms with Crippen molar-refractivity contribution in [3.8, 4) is 0 Å². The van der Waals surface area contributed by atoms with Crippen LogP contribution in [0.1, 0.15) is 107 Å². The molecule has 0 aromatic carbocycles. The molecule has 2 aliphatic heterocycles. The molecule has 1 fully saturated rings. The van der Waals surface area contributed by atoms with E-state index in [1.165, 1.54) is 36.8 Å². The van der Waals surface area contributed by atoms with E-state index in [1.807, 2.05) is 46.4 Å². The van der Waals surface area contributed by atoms with Gasteiger partial charge in [0.15, 0.2) is 0 Å². The molecule has 6 nitrogen and oxygen atoms in total. The van der Waals surface area contributed by atoms with Crippen LogP contribution < -0.4 is 0 Å². The van der Waals surface area contributed by atoms with Crippen molar-refractivity contribution >= 4 is 12.2 Å². The molecule has 0 saturated carbocycles. The zero-order chi connectivity index (χ0) is 25.8. The van der Waals surface area contributed by atoms with Crippen LogP contribution in [0.3, 0.4) is 0 Å². The van der Waals surface area contributed by atoms with E-state index in [1.54, 1.807) is 4.90 Å². The molecule has 2 aliphatic rings. The van der Waals surface area contributed by atoms with E-state index in [4.69, 9.17) is 9.47 Å². The van der Waals surface area contributed by atoms with Crippen molar-refractivity contribution in [1.82, 2.24) is 9.80 Å². The van der Waals surface area contributed by atoms with Crippen molar-refractivity contribution in [2.24, 2.45) is 0 Å². The number of rotatable bonds is 5. The monoisotopic (exact) mass is 478 g/mol. The maximum Gasteiger partial charge on any atom is 0.410 e. The molecule has 0 spiro atoms. The molecule has 196 valence electrons. The summed E-state index contributed by atoms with van der Waals surface area (Å²) in [6.45, 7) is 18.9. The van der Waals surface area contributed by atoms with Crippen LogP contribution in [0.25, 0.3) is 0 Å². The van der Waals surface area contributed by atoms with Gasteiger partial charge in [0.1, 0.15) is 11.2 Å². The maximum absolute atomic E-state index is 11.8. The van der Waals surface area contributed by atoms with E-state index in [9.17, 15) is 9.59 Å². The third-order valence-corrected chi connectivity index (χ3v) is 5.59. The van der Waals surface area contributed by atoms with Gasteiger partial charge in [-0.05, 0) is 80.1 Å². The molecular formula is C28H50N2O4. The lowest BCUT2D eigenvalue weighted by molar-refractivity contribution is 0.0232. The second-order valence-electron chi connectivity index (χ2n) is 11.3. The topological polar surface area (TPSA) is 59.1 Å². The number of unbranched alkanes of at least 4 members (excludes halogenated alkanes) is 2. The zero-order valence-electron chi connectivity index (χ0n) is 23.2. The van der Waals surface area contributed by atoms with Gasteiger partial charge in [-0.25, -0.2) is 9.59 Å². The Bertz CT molecular complexity index is 688. The normalized spacial score (nSPS) is 16.8. The zero-order valence-corrected chi connectivity index (χ0v) is 23.2. The molecule has 2 amide bonds. The Kier molecular flexibility index (Phi) is 12.8. The largest absolute Gasteiger partial charge is 0.444 e. The minimum atomic E-state index is -0.400. The number of carbonyl (C=O) groups is 2. The Morgan fingerprint density at radius 2 is 1.38 bits per heavy atom. The SMILES string of the molecule is CCCC=C1CCN(C(=O)OC(C)(C)C)CC1.CCCCC1=CCN(C(=O)OC(C)(C)C)CC1. The van der Waals surface area contributed by atoms with E-state index >= 15 is 0 Å². The first-order valence-electron chi connectivity index (χ1n) is 13.2. The highest BCUT2D eigenvalue weighted by Gasteiger charge is 2.25. The number of carbonyl (C=O) groups excluding carboxylic acids is 2. The van der Waals surface area contributed by atoms with Crippen LogP contribution in [0, 0.1) is 0 Å². The Labute approximate surface area is 208 Å². The maximum atomic E-state index is 11.8. The third-order valence-electron chi connectivity index (χ3n) is 5.59. The van der Waals surface area contributed by atoms with Gasteiger partial charge in [-0.15, -0.1) is 0 Å². The van der Waals surface area contributed by atoms with Gasteiger partial charge in [-0.3, -0.25) is 0 Å². The van der Waals surface area contributed by atoms with Gasteiger partial charge >= 0.3 is 12.2 Å². The van der Waals surface area contributed by atoms with E-state index < -0.39 is 11.2 Å². The fourth-order valence-corrected chi connectivity index (χ4v) is 3.69. The number of piperidine rings is 1. The molecule has 2 rings (SSSR count). The Morgan fingerprint density at radius 1 is 0.853 bits per heavy atom. The van der Waals surface area contributed by atoms with Gasteiger partial charge < -0.3 is 19.3 Å². The lowest BCUT2D eigenvalue weighted by atomic mass is 10.0. The molecule has 1 saturated heterocycles. The van der Waals surface area contributed by atoms with Crippen molar-refractivity contribution in [1.29, 1.82) is 0 Å². The number of likely N-dealkylation sites (tertiary alicyclic amines) is 1. The summed E-state index contributed by atoms with van der Waals surface area (Å²) in [6.07, 6.45) is 13.1. The van der Waals surface area contributed by atoms with Gasteiger partial charge in [-0.2, -0.15) is 0 Å². The summed E-state index contributed by atoms with van der Waals surface area (Å²) in [6, 6.07) is 0. The summed E-state index contributed by atoms with van der Waals surface area (Å²) in [5.74, 6) is 0. The number of hydrogen-bond acceptors (Lipinski definition) is 4. The summed E-state index contributed by atoms with van der Waals surface area (Å²) < 4.78 is 10.7. The van der Waals surface area contributed by atoms with Crippen molar-refractivity contribution in [2.45, 2.75) is 118 Å². The van der Waals surface area contributed by atoms with Crippen LogP contribution >= 0.6 is 0 Å². The lowest BCUT2D eigenvalue weighted by Gasteiger charge is -2.31. The Hall–Kier alpha value is -1.98. The molecule has 0 atom stereocenters. The minimum absolute atomic E-state index is 0.174. The first-order chi connectivity index (χ1) is 15.8. The van der Waals surface area contributed by atoms with Crippen molar-refractivity contribution in [3.63, 3.8) is 0 Å². The molecule has 0 aromatic heterocycles. The predicted octanol–water partition coefficient (Wildman–Crippen LogP) is 7.49. The van der Waals surface area contributed by atoms with E-state index in [0.29, 0.717) is 6.54 Å². The Balaban J connectivity index is 0.000000340. The van der Waals surface area contributed by atoms with E-state index in [2.05, 4.69) is 26.0 Å². The molecule has 34 heavy (non-hydrogen) atoms. The smallest absolute Gasteiger partial charge is 0.410 e. The number of allylic oxidation sites excluding steroid dienone is 1. The van der Waals surface area contributed by atoms with E-state index in [-0.39, 0.29) is 12.2 Å². The van der Waals surface area contributed by atoms with Crippen molar-refractivity contribution in [2.75, 3.05) is 26.2 Å². The van der Waals surface area contributed by atoms with Gasteiger partial charge in [-0.1, -0.05) is 50.0 Å². The first kappa shape index (κ1) is 30.1. The quantitative estimate of drug-likeness (QED) is 0.384. The summed E-state index contributed by atoms with van der Waals surface area (Å²) in [5.41, 5.74) is 2.19. The van der Waals surface area contributed by atoms with Crippen LogP contribution in [-0.2, 0) is 9.47 Å². The highest BCUT2D eigenvalue weighted by atomic mass is 16.6. The second kappa shape index (κ2) is 14.4. The minimum Gasteiger partial charge on any atom is -0.444 e. The van der Waals surface area contributed by atoms with Gasteiger partial charge in [0.05, 0.1) is 0 Å². The Morgan fingerprint density at radius 3 is 1.82 bits per heavy atom. The van der Waals surface area contributed by atoms with Crippen LogP contribution in [0.4, 0.5) is 9.59 Å². The summed E-state index contributed by atoms with van der Waals surface area (Å²) in [5, 5.41) is 0. The molecule has 0 aromatic rings. The van der Waals surface area contributed by atoms with Crippen LogP contribution in [-0.4, -0.2) is 59.4 Å². The van der Waals surface area contributed by atoms with Gasteiger partial charge in [0.25, 0.3) is 0 Å². The lowest BCUT2D eigenvalue weighted by Crippen LogP contribution is -2.40. The van der Waals surface area contributed by atoms with Crippen molar-refractivity contribution < 1.29 is 19.1 Å². The predicted molar refractivity (Wildman–Crippen MR) is 140 cm³/mol. The number of ether oxygens (including phenoxy) is 2. The standard InChI is InChI=1S/2C14H25NO2/c2*1-5-6-7-12-8-10-15(11-9-12)13(16)17-14(2,3)4/h8H,5-7,9-11H2,1-4H3;7H,5-6,8-11H2,1-4H3. The van der Waals surface area contributed by atoms with Gasteiger partial charge in [0.2, 0.25) is 0 Å². The highest BCUT2D eigenvalue weighted by molar-refractivity contribution is 5.69. The molecule has 2 heterocycles. The summed E-state index contributed by atoms with van der Waals surface area (Å²) in [4.78, 5) is 27.2. The summed E-state index contributed by atoms with van der Waals surface area (Å²) >= 11 is 0. The summed E-state index contributed by atoms with van der Waals surface area (Å²) in [7, 11) is 0.